The van der Waals surface area contributed by atoms with Crippen molar-refractivity contribution >= 4 is 21.7 Å². The molecule has 2 bridgehead atoms. The Kier molecular flexibility index (Phi) is 4.69. The maximum Gasteiger partial charge on any atom is 0.276 e. The topological polar surface area (TPSA) is 125 Å². The lowest BCUT2D eigenvalue weighted by atomic mass is 9.81. The van der Waals surface area contributed by atoms with Crippen LogP contribution in [0.5, 0.6) is 0 Å². The summed E-state index contributed by atoms with van der Waals surface area (Å²) in [7, 11) is -3.08. The Bertz CT molecular complexity index is 837. The van der Waals surface area contributed by atoms with Crippen molar-refractivity contribution in [1.82, 2.24) is 25.6 Å². The number of piperidine rings is 2. The second-order valence-corrected chi connectivity index (χ2v) is 10.2. The van der Waals surface area contributed by atoms with Crippen molar-refractivity contribution in [3.05, 3.63) is 11.4 Å². The van der Waals surface area contributed by atoms with Gasteiger partial charge in [0.2, 0.25) is 5.91 Å². The van der Waals surface area contributed by atoms with Gasteiger partial charge in [0.25, 0.3) is 5.91 Å². The summed E-state index contributed by atoms with van der Waals surface area (Å²) >= 11 is 0. The second kappa shape index (κ2) is 6.88. The SMILES string of the molecule is Cc1n[nH]nc1C(=O)N1[C@@H]2CCC[C@H]1CC(NC(=O)C1CCS(=O)(=O)C1)C2. The number of nitrogens with one attached hydrogen (secondary N) is 2. The average Bonchev–Trinajstić information content (AvgIpc) is 3.18. The fraction of sp³-hybridized carbons (Fsp3) is 0.765. The summed E-state index contributed by atoms with van der Waals surface area (Å²) in [4.78, 5) is 27.4. The summed E-state index contributed by atoms with van der Waals surface area (Å²) in [6.07, 6.45) is 4.68. The molecule has 0 aliphatic carbocycles. The molecule has 1 aromatic heterocycles. The van der Waals surface area contributed by atoms with Crippen LogP contribution in [0.15, 0.2) is 0 Å². The average molecular weight is 395 g/mol. The lowest BCUT2D eigenvalue weighted by Crippen LogP contribution is -2.59. The molecular formula is C17H25N5O4S. The van der Waals surface area contributed by atoms with E-state index < -0.39 is 15.8 Å². The predicted octanol–water partition coefficient (Wildman–Crippen LogP) is 0.190. The summed E-state index contributed by atoms with van der Waals surface area (Å²) in [5.74, 6) is -0.643. The number of hydrogen-bond donors (Lipinski definition) is 2. The fourth-order valence-corrected chi connectivity index (χ4v) is 6.50. The molecule has 0 spiro atoms. The molecule has 3 fully saturated rings. The van der Waals surface area contributed by atoms with Gasteiger partial charge in [0, 0.05) is 18.1 Å². The Morgan fingerprint density at radius 1 is 1.15 bits per heavy atom. The maximum atomic E-state index is 13.0. The molecule has 4 rings (SSSR count). The number of aromatic amines is 1. The molecule has 10 heteroatoms. The van der Waals surface area contributed by atoms with Gasteiger partial charge < -0.3 is 10.2 Å². The number of fused-ring (bicyclic) bond motifs is 2. The van der Waals surface area contributed by atoms with Gasteiger partial charge >= 0.3 is 0 Å². The Labute approximate surface area is 158 Å². The van der Waals surface area contributed by atoms with Gasteiger partial charge in [-0.15, -0.1) is 0 Å². The third-order valence-corrected chi connectivity index (χ3v) is 7.85. The summed E-state index contributed by atoms with van der Waals surface area (Å²) < 4.78 is 23.2. The van der Waals surface area contributed by atoms with Crippen molar-refractivity contribution in [3.8, 4) is 0 Å². The Balaban J connectivity index is 1.43. The number of nitrogens with zero attached hydrogens (tertiary/aromatic N) is 3. The highest BCUT2D eigenvalue weighted by Gasteiger charge is 2.43. The standard InChI is InChI=1S/C17H25N5O4S/c1-10-15(20-21-19-10)17(24)22-13-3-2-4-14(22)8-12(7-13)18-16(23)11-5-6-27(25,26)9-11/h11-14H,2-9H2,1H3,(H,18,23)(H,19,20,21)/t11?,12?,13-,14+. The number of aryl methyl sites for hydroxylation is 1. The van der Waals surface area contributed by atoms with Crippen LogP contribution in [0.3, 0.4) is 0 Å². The number of hydrogen-bond acceptors (Lipinski definition) is 6. The van der Waals surface area contributed by atoms with Crippen molar-refractivity contribution in [3.63, 3.8) is 0 Å². The monoisotopic (exact) mass is 395 g/mol. The number of sulfone groups is 1. The number of amides is 2. The van der Waals surface area contributed by atoms with Crippen molar-refractivity contribution in [2.45, 2.75) is 63.6 Å². The van der Waals surface area contributed by atoms with Crippen LogP contribution in [-0.4, -0.2) is 70.2 Å². The number of carbonyl (C=O) groups is 2. The summed E-state index contributed by atoms with van der Waals surface area (Å²) in [6.45, 7) is 1.76. The van der Waals surface area contributed by atoms with Gasteiger partial charge in [-0.2, -0.15) is 15.4 Å². The zero-order chi connectivity index (χ0) is 19.2. The van der Waals surface area contributed by atoms with E-state index in [0.29, 0.717) is 30.7 Å². The van der Waals surface area contributed by atoms with Crippen LogP contribution < -0.4 is 5.32 Å². The first kappa shape index (κ1) is 18.4. The van der Waals surface area contributed by atoms with E-state index in [1.807, 2.05) is 4.90 Å². The molecule has 27 heavy (non-hydrogen) atoms. The maximum absolute atomic E-state index is 13.0. The van der Waals surface area contributed by atoms with E-state index in [9.17, 15) is 18.0 Å². The molecule has 2 N–H and O–H groups in total. The van der Waals surface area contributed by atoms with Crippen LogP contribution in [0, 0.1) is 12.8 Å². The fourth-order valence-electron chi connectivity index (χ4n) is 4.76. The van der Waals surface area contributed by atoms with E-state index in [-0.39, 0.29) is 41.4 Å². The van der Waals surface area contributed by atoms with E-state index in [4.69, 9.17) is 0 Å². The minimum Gasteiger partial charge on any atom is -0.353 e. The highest BCUT2D eigenvalue weighted by atomic mass is 32.2. The van der Waals surface area contributed by atoms with Crippen molar-refractivity contribution < 1.29 is 18.0 Å². The third kappa shape index (κ3) is 3.59. The van der Waals surface area contributed by atoms with Gasteiger partial charge in [-0.1, -0.05) is 0 Å². The largest absolute Gasteiger partial charge is 0.353 e. The molecule has 3 aliphatic rings. The van der Waals surface area contributed by atoms with Gasteiger partial charge in [-0.25, -0.2) is 8.42 Å². The molecule has 4 atom stereocenters. The summed E-state index contributed by atoms with van der Waals surface area (Å²) in [6, 6.07) is 0.121. The van der Waals surface area contributed by atoms with E-state index in [2.05, 4.69) is 20.7 Å². The van der Waals surface area contributed by atoms with E-state index in [1.165, 1.54) is 0 Å². The van der Waals surface area contributed by atoms with Crippen molar-refractivity contribution in [2.75, 3.05) is 11.5 Å². The highest BCUT2D eigenvalue weighted by molar-refractivity contribution is 7.91. The van der Waals surface area contributed by atoms with Gasteiger partial charge in [-0.05, 0) is 45.4 Å². The summed E-state index contributed by atoms with van der Waals surface area (Å²) in [5.41, 5.74) is 0.960. The third-order valence-electron chi connectivity index (χ3n) is 6.08. The zero-order valence-electron chi connectivity index (χ0n) is 15.3. The molecule has 9 nitrogen and oxygen atoms in total. The molecule has 0 radical (unpaired) electrons. The zero-order valence-corrected chi connectivity index (χ0v) is 16.2. The minimum absolute atomic E-state index is 0.0152. The van der Waals surface area contributed by atoms with E-state index in [0.717, 1.165) is 19.3 Å². The van der Waals surface area contributed by atoms with Crippen LogP contribution in [0.2, 0.25) is 0 Å². The van der Waals surface area contributed by atoms with Crippen LogP contribution in [0.25, 0.3) is 0 Å². The molecule has 3 saturated heterocycles. The first-order valence-corrected chi connectivity index (χ1v) is 11.4. The molecule has 3 aliphatic heterocycles. The van der Waals surface area contributed by atoms with Crippen molar-refractivity contribution in [2.24, 2.45) is 5.92 Å². The number of H-pyrrole nitrogens is 1. The van der Waals surface area contributed by atoms with Gasteiger partial charge in [0.05, 0.1) is 23.1 Å². The Morgan fingerprint density at radius 2 is 1.85 bits per heavy atom. The lowest BCUT2D eigenvalue weighted by molar-refractivity contribution is -0.125. The van der Waals surface area contributed by atoms with Gasteiger partial charge in [0.15, 0.2) is 15.5 Å². The molecule has 2 amide bonds. The molecule has 0 aromatic carbocycles. The predicted molar refractivity (Wildman–Crippen MR) is 96.6 cm³/mol. The normalized spacial score (nSPS) is 32.3. The first-order chi connectivity index (χ1) is 12.8. The molecule has 4 heterocycles. The number of carbonyl (C=O) groups excluding carboxylic acids is 2. The molecule has 1 aromatic rings. The number of aromatic nitrogens is 3. The quantitative estimate of drug-likeness (QED) is 0.753. The highest BCUT2D eigenvalue weighted by Crippen LogP contribution is 2.35. The molecule has 2 unspecified atom stereocenters. The Morgan fingerprint density at radius 3 is 2.41 bits per heavy atom. The molecule has 148 valence electrons. The summed E-state index contributed by atoms with van der Waals surface area (Å²) in [5, 5.41) is 13.5. The number of rotatable bonds is 3. The smallest absolute Gasteiger partial charge is 0.276 e. The van der Waals surface area contributed by atoms with Crippen LogP contribution in [0.4, 0.5) is 0 Å². The van der Waals surface area contributed by atoms with Gasteiger partial charge in [0.1, 0.15) is 0 Å². The second-order valence-electron chi connectivity index (χ2n) is 7.99. The van der Waals surface area contributed by atoms with Gasteiger partial charge in [-0.3, -0.25) is 9.59 Å². The van der Waals surface area contributed by atoms with E-state index in [1.54, 1.807) is 6.92 Å². The first-order valence-electron chi connectivity index (χ1n) is 9.55. The van der Waals surface area contributed by atoms with E-state index >= 15 is 0 Å². The molecular weight excluding hydrogens is 370 g/mol. The van der Waals surface area contributed by atoms with Crippen molar-refractivity contribution in [1.29, 1.82) is 0 Å². The van der Waals surface area contributed by atoms with Crippen LogP contribution in [-0.2, 0) is 14.6 Å². The Hall–Kier alpha value is -1.97. The minimum atomic E-state index is -3.08. The van der Waals surface area contributed by atoms with Crippen LogP contribution in [0.1, 0.15) is 54.7 Å². The van der Waals surface area contributed by atoms with Crippen LogP contribution >= 0.6 is 0 Å². The molecule has 0 saturated carbocycles. The lowest BCUT2D eigenvalue weighted by Gasteiger charge is -2.48.